The molecule has 1 aliphatic rings. The molecular formula is C16H22F2N2O2. The van der Waals surface area contributed by atoms with E-state index in [1.54, 1.807) is 6.92 Å². The molecule has 22 heavy (non-hydrogen) atoms. The second-order valence-corrected chi connectivity index (χ2v) is 5.93. The van der Waals surface area contributed by atoms with Crippen molar-refractivity contribution in [2.24, 2.45) is 0 Å². The minimum absolute atomic E-state index is 0.0175. The average molecular weight is 312 g/mol. The van der Waals surface area contributed by atoms with Crippen molar-refractivity contribution in [2.75, 3.05) is 0 Å². The van der Waals surface area contributed by atoms with Crippen LogP contribution in [0.5, 0.6) is 0 Å². The van der Waals surface area contributed by atoms with Gasteiger partial charge in [-0.3, -0.25) is 0 Å². The minimum atomic E-state index is -0.602. The lowest BCUT2D eigenvalue weighted by atomic mass is 9.93. The Balaban J connectivity index is 1.81. The molecule has 1 atom stereocenters. The Morgan fingerprint density at radius 1 is 1.27 bits per heavy atom. The van der Waals surface area contributed by atoms with Crippen molar-refractivity contribution in [3.8, 4) is 0 Å². The number of urea groups is 1. The van der Waals surface area contributed by atoms with E-state index >= 15 is 0 Å². The Hall–Kier alpha value is -1.69. The van der Waals surface area contributed by atoms with Crippen LogP contribution in [0.2, 0.25) is 0 Å². The Kier molecular flexibility index (Phi) is 5.71. The Labute approximate surface area is 128 Å². The van der Waals surface area contributed by atoms with Crippen LogP contribution >= 0.6 is 0 Å². The van der Waals surface area contributed by atoms with Gasteiger partial charge in [0.1, 0.15) is 11.6 Å². The van der Waals surface area contributed by atoms with Gasteiger partial charge in [-0.25, -0.2) is 13.6 Å². The lowest BCUT2D eigenvalue weighted by molar-refractivity contribution is 0.117. The van der Waals surface area contributed by atoms with Crippen molar-refractivity contribution < 1.29 is 18.7 Å². The number of aliphatic hydroxyl groups excluding tert-OH is 1. The summed E-state index contributed by atoms with van der Waals surface area (Å²) in [5, 5.41) is 15.0. The van der Waals surface area contributed by atoms with E-state index in [9.17, 15) is 18.7 Å². The SMILES string of the molecule is C[C@@H](Cc1c(F)cccc1F)NC(=O)NC1CCC(O)CC1. The molecule has 2 amide bonds. The number of halogens is 2. The van der Waals surface area contributed by atoms with Gasteiger partial charge in [0.25, 0.3) is 0 Å². The van der Waals surface area contributed by atoms with Crippen LogP contribution in [0, 0.1) is 11.6 Å². The molecule has 1 saturated carbocycles. The second kappa shape index (κ2) is 7.54. The number of hydrogen-bond acceptors (Lipinski definition) is 2. The maximum Gasteiger partial charge on any atom is 0.315 e. The normalized spacial score (nSPS) is 22.9. The van der Waals surface area contributed by atoms with Crippen molar-refractivity contribution in [1.82, 2.24) is 10.6 Å². The highest BCUT2D eigenvalue weighted by atomic mass is 19.1. The lowest BCUT2D eigenvalue weighted by Gasteiger charge is -2.27. The molecule has 0 radical (unpaired) electrons. The summed E-state index contributed by atoms with van der Waals surface area (Å²) < 4.78 is 27.1. The molecule has 4 nitrogen and oxygen atoms in total. The number of aliphatic hydroxyl groups is 1. The van der Waals surface area contributed by atoms with Crippen molar-refractivity contribution in [3.05, 3.63) is 35.4 Å². The molecule has 1 aromatic carbocycles. The molecule has 3 N–H and O–H groups in total. The van der Waals surface area contributed by atoms with E-state index in [2.05, 4.69) is 10.6 Å². The number of benzene rings is 1. The number of carbonyl (C=O) groups excluding carboxylic acids is 1. The molecule has 0 aliphatic heterocycles. The molecule has 0 bridgehead atoms. The van der Waals surface area contributed by atoms with Gasteiger partial charge in [0, 0.05) is 17.6 Å². The van der Waals surface area contributed by atoms with Crippen LogP contribution in [0.25, 0.3) is 0 Å². The summed E-state index contributed by atoms with van der Waals surface area (Å²) in [6, 6.07) is 3.04. The summed E-state index contributed by atoms with van der Waals surface area (Å²) in [6.07, 6.45) is 2.66. The van der Waals surface area contributed by atoms with E-state index in [0.29, 0.717) is 12.8 Å². The number of rotatable bonds is 4. The molecule has 0 heterocycles. The molecule has 1 aromatic rings. The molecule has 0 unspecified atom stereocenters. The lowest BCUT2D eigenvalue weighted by Crippen LogP contribution is -2.47. The molecule has 2 rings (SSSR count). The summed E-state index contributed by atoms with van der Waals surface area (Å²) in [4.78, 5) is 11.9. The van der Waals surface area contributed by atoms with Crippen molar-refractivity contribution in [3.63, 3.8) is 0 Å². The van der Waals surface area contributed by atoms with E-state index < -0.39 is 11.6 Å². The molecule has 0 saturated heterocycles. The molecule has 0 aromatic heterocycles. The van der Waals surface area contributed by atoms with Crippen molar-refractivity contribution in [1.29, 1.82) is 0 Å². The van der Waals surface area contributed by atoms with E-state index in [0.717, 1.165) is 12.8 Å². The van der Waals surface area contributed by atoms with Crippen LogP contribution in [0.15, 0.2) is 18.2 Å². The van der Waals surface area contributed by atoms with Gasteiger partial charge < -0.3 is 15.7 Å². The van der Waals surface area contributed by atoms with Crippen molar-refractivity contribution >= 4 is 6.03 Å². The first-order valence-corrected chi connectivity index (χ1v) is 7.63. The van der Waals surface area contributed by atoms with Gasteiger partial charge in [-0.05, 0) is 51.2 Å². The number of amides is 2. The first kappa shape index (κ1) is 16.7. The van der Waals surface area contributed by atoms with Gasteiger partial charge in [-0.1, -0.05) is 6.07 Å². The number of carbonyl (C=O) groups is 1. The smallest absolute Gasteiger partial charge is 0.315 e. The van der Waals surface area contributed by atoms with Crippen molar-refractivity contribution in [2.45, 2.75) is 57.2 Å². The summed E-state index contributed by atoms with van der Waals surface area (Å²) in [5.74, 6) is -1.20. The predicted molar refractivity (Wildman–Crippen MR) is 79.5 cm³/mol. The first-order valence-electron chi connectivity index (χ1n) is 7.63. The van der Waals surface area contributed by atoms with E-state index in [4.69, 9.17) is 0 Å². The molecule has 1 fully saturated rings. The van der Waals surface area contributed by atoms with Crippen LogP contribution in [-0.4, -0.2) is 29.3 Å². The predicted octanol–water partition coefficient (Wildman–Crippen LogP) is 2.50. The van der Waals surface area contributed by atoms with Gasteiger partial charge in [-0.2, -0.15) is 0 Å². The molecule has 122 valence electrons. The molecular weight excluding hydrogens is 290 g/mol. The Bertz CT molecular complexity index is 497. The van der Waals surface area contributed by atoms with Crippen LogP contribution < -0.4 is 10.6 Å². The maximum atomic E-state index is 13.6. The highest BCUT2D eigenvalue weighted by Gasteiger charge is 2.21. The topological polar surface area (TPSA) is 61.4 Å². The fourth-order valence-corrected chi connectivity index (χ4v) is 2.76. The highest BCUT2D eigenvalue weighted by Crippen LogP contribution is 2.18. The minimum Gasteiger partial charge on any atom is -0.393 e. The second-order valence-electron chi connectivity index (χ2n) is 5.93. The van der Waals surface area contributed by atoms with E-state index in [1.807, 2.05) is 0 Å². The fourth-order valence-electron chi connectivity index (χ4n) is 2.76. The zero-order valence-corrected chi connectivity index (χ0v) is 12.6. The molecule has 1 aliphatic carbocycles. The van der Waals surface area contributed by atoms with Gasteiger partial charge in [0.15, 0.2) is 0 Å². The van der Waals surface area contributed by atoms with Crippen LogP contribution in [0.3, 0.4) is 0 Å². The zero-order valence-electron chi connectivity index (χ0n) is 12.6. The first-order chi connectivity index (χ1) is 10.5. The summed E-state index contributed by atoms with van der Waals surface area (Å²) in [7, 11) is 0. The quantitative estimate of drug-likeness (QED) is 0.800. The highest BCUT2D eigenvalue weighted by molar-refractivity contribution is 5.74. The van der Waals surface area contributed by atoms with Crippen LogP contribution in [-0.2, 0) is 6.42 Å². The maximum absolute atomic E-state index is 13.6. The number of nitrogens with one attached hydrogen (secondary N) is 2. The van der Waals surface area contributed by atoms with E-state index in [-0.39, 0.29) is 36.2 Å². The Morgan fingerprint density at radius 2 is 1.86 bits per heavy atom. The average Bonchev–Trinajstić information content (AvgIpc) is 2.45. The standard InChI is InChI=1S/C16H22F2N2O2/c1-10(9-13-14(17)3-2-4-15(13)18)19-16(22)20-11-5-7-12(21)8-6-11/h2-4,10-12,21H,5-9H2,1H3,(H2,19,20,22)/t10-,11?,12?/m0/s1. The van der Waals surface area contributed by atoms with Gasteiger partial charge >= 0.3 is 6.03 Å². The molecule has 0 spiro atoms. The monoisotopic (exact) mass is 312 g/mol. The van der Waals surface area contributed by atoms with Gasteiger partial charge in [0.2, 0.25) is 0 Å². The third kappa shape index (κ3) is 4.66. The largest absolute Gasteiger partial charge is 0.393 e. The van der Waals surface area contributed by atoms with Gasteiger partial charge in [-0.15, -0.1) is 0 Å². The van der Waals surface area contributed by atoms with Crippen LogP contribution in [0.1, 0.15) is 38.2 Å². The third-order valence-corrected chi connectivity index (χ3v) is 3.98. The van der Waals surface area contributed by atoms with Crippen LogP contribution in [0.4, 0.5) is 13.6 Å². The Morgan fingerprint density at radius 3 is 2.45 bits per heavy atom. The third-order valence-electron chi connectivity index (χ3n) is 3.98. The summed E-state index contributed by atoms with van der Waals surface area (Å²) in [6.45, 7) is 1.70. The zero-order chi connectivity index (χ0) is 16.1. The molecule has 6 heteroatoms. The fraction of sp³-hybridized carbons (Fsp3) is 0.562. The summed E-state index contributed by atoms with van der Waals surface area (Å²) >= 11 is 0. The van der Waals surface area contributed by atoms with Gasteiger partial charge in [0.05, 0.1) is 6.10 Å². The summed E-state index contributed by atoms with van der Waals surface area (Å²) in [5.41, 5.74) is -0.0175. The van der Waals surface area contributed by atoms with E-state index in [1.165, 1.54) is 18.2 Å². The number of hydrogen-bond donors (Lipinski definition) is 3.